The highest BCUT2D eigenvalue weighted by Crippen LogP contribution is 2.29. The first kappa shape index (κ1) is 18.3. The Morgan fingerprint density at radius 3 is 2.43 bits per heavy atom. The van der Waals surface area contributed by atoms with E-state index in [2.05, 4.69) is 21.0 Å². The van der Waals surface area contributed by atoms with Crippen LogP contribution in [0, 0.1) is 0 Å². The van der Waals surface area contributed by atoms with Crippen molar-refractivity contribution in [2.75, 3.05) is 7.11 Å². The zero-order chi connectivity index (χ0) is 19.5. The summed E-state index contributed by atoms with van der Waals surface area (Å²) in [7, 11) is 1.37. The molecule has 0 radical (unpaired) electrons. The van der Waals surface area contributed by atoms with Crippen LogP contribution in [0.2, 0.25) is 0 Å². The van der Waals surface area contributed by atoms with E-state index in [1.54, 1.807) is 0 Å². The molecule has 0 N–H and O–H groups in total. The molecule has 0 aliphatic rings. The lowest BCUT2D eigenvalue weighted by molar-refractivity contribution is -0.139. The lowest BCUT2D eigenvalue weighted by Gasteiger charge is -2.10. The van der Waals surface area contributed by atoms with Gasteiger partial charge in [-0.05, 0) is 48.0 Å². The Labute approximate surface area is 170 Å². The second-order valence-electron chi connectivity index (χ2n) is 6.19. The number of aromatic nitrogens is 2. The molecule has 0 amide bonds. The Hall–Kier alpha value is -3.12. The van der Waals surface area contributed by atoms with Crippen molar-refractivity contribution in [3.8, 4) is 17.2 Å². The summed E-state index contributed by atoms with van der Waals surface area (Å²) in [6, 6.07) is 23.1. The second kappa shape index (κ2) is 7.86. The highest BCUT2D eigenvalue weighted by Gasteiger charge is 2.17. The molecule has 140 valence electrons. The number of ether oxygens (including phenoxy) is 2. The molecular weight excluding hydrogens is 420 g/mol. The van der Waals surface area contributed by atoms with Crippen molar-refractivity contribution < 1.29 is 14.3 Å². The molecule has 0 spiro atoms. The fourth-order valence-electron chi connectivity index (χ4n) is 2.86. The van der Waals surface area contributed by atoms with Crippen LogP contribution < -0.4 is 4.74 Å². The lowest BCUT2D eigenvalue weighted by atomic mass is 10.1. The number of fused-ring (bicyclic) bond motifs is 1. The highest BCUT2D eigenvalue weighted by atomic mass is 79.9. The van der Waals surface area contributed by atoms with E-state index >= 15 is 0 Å². The number of carbonyl (C=O) groups excluding carboxylic acids is 1. The fraction of sp³-hybridized carbons (Fsp3) is 0.0909. The quantitative estimate of drug-likeness (QED) is 0.309. The number of alkyl halides is 1. The number of halogens is 1. The molecule has 0 fully saturated rings. The van der Waals surface area contributed by atoms with E-state index in [4.69, 9.17) is 9.47 Å². The highest BCUT2D eigenvalue weighted by molar-refractivity contribution is 9.09. The SMILES string of the molecule is COC(=O)C(Br)c1ccc(Oc2ccc3nn(-c4ccccc4)cc3c2)cc1. The predicted molar refractivity (Wildman–Crippen MR) is 111 cm³/mol. The topological polar surface area (TPSA) is 53.4 Å². The number of para-hydroxylation sites is 1. The molecule has 28 heavy (non-hydrogen) atoms. The zero-order valence-corrected chi connectivity index (χ0v) is 16.7. The van der Waals surface area contributed by atoms with Crippen LogP contribution in [0.15, 0.2) is 79.0 Å². The fourth-order valence-corrected chi connectivity index (χ4v) is 3.35. The van der Waals surface area contributed by atoms with Crippen LogP contribution in [0.25, 0.3) is 16.6 Å². The third-order valence-corrected chi connectivity index (χ3v) is 5.22. The van der Waals surface area contributed by atoms with Gasteiger partial charge in [-0.1, -0.05) is 46.3 Å². The molecular formula is C22H17BrN2O3. The predicted octanol–water partition coefficient (Wildman–Crippen LogP) is 5.43. The minimum Gasteiger partial charge on any atom is -0.468 e. The van der Waals surface area contributed by atoms with Crippen molar-refractivity contribution in [2.45, 2.75) is 4.83 Å². The van der Waals surface area contributed by atoms with E-state index in [1.165, 1.54) is 7.11 Å². The number of methoxy groups -OCH3 is 1. The molecule has 0 aliphatic carbocycles. The molecule has 3 aromatic carbocycles. The molecule has 0 saturated carbocycles. The first-order valence-electron chi connectivity index (χ1n) is 8.68. The summed E-state index contributed by atoms with van der Waals surface area (Å²) >= 11 is 3.33. The number of esters is 1. The van der Waals surface area contributed by atoms with Crippen LogP contribution in [0.4, 0.5) is 0 Å². The summed E-state index contributed by atoms with van der Waals surface area (Å²) in [6.07, 6.45) is 1.98. The molecule has 1 heterocycles. The van der Waals surface area contributed by atoms with Crippen molar-refractivity contribution in [2.24, 2.45) is 0 Å². The number of carbonyl (C=O) groups is 1. The average molecular weight is 437 g/mol. The van der Waals surface area contributed by atoms with E-state index in [9.17, 15) is 4.79 Å². The van der Waals surface area contributed by atoms with Crippen LogP contribution in [0.3, 0.4) is 0 Å². The molecule has 1 unspecified atom stereocenters. The number of hydrogen-bond donors (Lipinski definition) is 0. The van der Waals surface area contributed by atoms with Crippen molar-refractivity contribution in [3.05, 3.63) is 84.6 Å². The largest absolute Gasteiger partial charge is 0.468 e. The molecule has 0 aliphatic heterocycles. The Balaban J connectivity index is 1.54. The van der Waals surface area contributed by atoms with Gasteiger partial charge in [0, 0.05) is 11.6 Å². The monoisotopic (exact) mass is 436 g/mol. The molecule has 4 rings (SSSR count). The average Bonchev–Trinajstić information content (AvgIpc) is 3.17. The standard InChI is InChI=1S/C22H17BrN2O3/c1-27-22(26)21(23)15-7-9-18(10-8-15)28-19-11-12-20-16(13-19)14-25(24-20)17-5-3-2-4-6-17/h2-14,21H,1H3. The number of hydrogen-bond acceptors (Lipinski definition) is 4. The van der Waals surface area contributed by atoms with Crippen molar-refractivity contribution >= 4 is 32.8 Å². The van der Waals surface area contributed by atoms with Crippen LogP contribution in [-0.2, 0) is 9.53 Å². The summed E-state index contributed by atoms with van der Waals surface area (Å²) in [5.41, 5.74) is 2.71. The van der Waals surface area contributed by atoms with E-state index < -0.39 is 4.83 Å². The van der Waals surface area contributed by atoms with Crippen LogP contribution in [0.5, 0.6) is 11.5 Å². The van der Waals surface area contributed by atoms with Gasteiger partial charge in [0.05, 0.1) is 18.3 Å². The molecule has 6 heteroatoms. The van der Waals surface area contributed by atoms with E-state index in [0.29, 0.717) is 5.75 Å². The van der Waals surface area contributed by atoms with E-state index in [1.807, 2.05) is 83.7 Å². The van der Waals surface area contributed by atoms with E-state index in [-0.39, 0.29) is 5.97 Å². The maximum atomic E-state index is 11.6. The van der Waals surface area contributed by atoms with Gasteiger partial charge in [-0.25, -0.2) is 4.68 Å². The third-order valence-electron chi connectivity index (χ3n) is 4.31. The molecule has 4 aromatic rings. The summed E-state index contributed by atoms with van der Waals surface area (Å²) < 4.78 is 12.5. The van der Waals surface area contributed by atoms with Gasteiger partial charge in [-0.3, -0.25) is 4.79 Å². The second-order valence-corrected chi connectivity index (χ2v) is 7.10. The summed E-state index contributed by atoms with van der Waals surface area (Å²) in [4.78, 5) is 11.1. The number of nitrogens with zero attached hydrogens (tertiary/aromatic N) is 2. The van der Waals surface area contributed by atoms with E-state index in [0.717, 1.165) is 27.9 Å². The molecule has 0 bridgehead atoms. The normalized spacial score (nSPS) is 11.9. The van der Waals surface area contributed by atoms with Gasteiger partial charge < -0.3 is 9.47 Å². The molecule has 0 saturated heterocycles. The van der Waals surface area contributed by atoms with Crippen molar-refractivity contribution in [1.29, 1.82) is 0 Å². The first-order chi connectivity index (χ1) is 13.6. The van der Waals surface area contributed by atoms with Crippen LogP contribution in [0.1, 0.15) is 10.4 Å². The molecule has 5 nitrogen and oxygen atoms in total. The van der Waals surface area contributed by atoms with Gasteiger partial charge >= 0.3 is 5.97 Å². The Bertz CT molecular complexity index is 1110. The maximum Gasteiger partial charge on any atom is 0.323 e. The van der Waals surface area contributed by atoms with Gasteiger partial charge in [-0.15, -0.1) is 0 Å². The van der Waals surface area contributed by atoms with Crippen LogP contribution in [-0.4, -0.2) is 22.9 Å². The Morgan fingerprint density at radius 1 is 1.00 bits per heavy atom. The number of rotatable bonds is 5. The zero-order valence-electron chi connectivity index (χ0n) is 15.1. The lowest BCUT2D eigenvalue weighted by Crippen LogP contribution is -2.07. The van der Waals surface area contributed by atoms with Crippen LogP contribution >= 0.6 is 15.9 Å². The Morgan fingerprint density at radius 2 is 1.71 bits per heavy atom. The van der Waals surface area contributed by atoms with Gasteiger partial charge in [0.15, 0.2) is 0 Å². The minimum atomic E-state index is -0.494. The van der Waals surface area contributed by atoms with Gasteiger partial charge in [0.2, 0.25) is 0 Å². The Kier molecular flexibility index (Phi) is 5.12. The van der Waals surface area contributed by atoms with Crippen molar-refractivity contribution in [1.82, 2.24) is 9.78 Å². The summed E-state index contributed by atoms with van der Waals surface area (Å²) in [5.74, 6) is 1.06. The van der Waals surface area contributed by atoms with Gasteiger partial charge in [0.1, 0.15) is 16.3 Å². The minimum absolute atomic E-state index is 0.338. The first-order valence-corrected chi connectivity index (χ1v) is 9.60. The summed E-state index contributed by atoms with van der Waals surface area (Å²) in [6.45, 7) is 0. The smallest absolute Gasteiger partial charge is 0.323 e. The summed E-state index contributed by atoms with van der Waals surface area (Å²) in [5, 5.41) is 5.59. The number of benzene rings is 3. The van der Waals surface area contributed by atoms with Gasteiger partial charge in [0.25, 0.3) is 0 Å². The van der Waals surface area contributed by atoms with Crippen molar-refractivity contribution in [3.63, 3.8) is 0 Å². The maximum absolute atomic E-state index is 11.6. The van der Waals surface area contributed by atoms with Gasteiger partial charge in [-0.2, -0.15) is 5.10 Å². The molecule has 1 atom stereocenters. The molecule has 1 aromatic heterocycles. The third kappa shape index (κ3) is 3.77.